The van der Waals surface area contributed by atoms with Crippen LogP contribution in [-0.4, -0.2) is 29.4 Å². The van der Waals surface area contributed by atoms with Crippen LogP contribution in [0.1, 0.15) is 22.3 Å². The number of hydrogen-bond donors (Lipinski definition) is 0. The van der Waals surface area contributed by atoms with E-state index in [2.05, 4.69) is 0 Å². The summed E-state index contributed by atoms with van der Waals surface area (Å²) in [5.41, 5.74) is 4.10. The van der Waals surface area contributed by atoms with Gasteiger partial charge in [0.15, 0.2) is 5.17 Å². The maximum atomic E-state index is 13.5. The number of hydrogen-bond acceptors (Lipinski definition) is 6. The molecule has 6 nitrogen and oxygen atoms in total. The molecule has 1 aliphatic heterocycles. The van der Waals surface area contributed by atoms with Crippen LogP contribution in [0, 0.1) is 0 Å². The highest BCUT2D eigenvalue weighted by atomic mass is 32.2. The summed E-state index contributed by atoms with van der Waals surface area (Å²) in [5.74, 6) is 0.388. The predicted octanol–water partition coefficient (Wildman–Crippen LogP) is 6.60. The summed E-state index contributed by atoms with van der Waals surface area (Å²) < 4.78 is 10.7. The second-order valence-electron chi connectivity index (χ2n) is 8.64. The fourth-order valence-electron chi connectivity index (χ4n) is 4.04. The van der Waals surface area contributed by atoms with Crippen molar-refractivity contribution in [3.05, 3.63) is 132 Å². The monoisotopic (exact) mass is 522 g/mol. The standard InChI is InChI=1S/C31H26N2O4S/c1-36-30(35)24-16-12-23(13-17-24)21-37-27-18-14-22(15-19-27)20-28-29(34)33(26-10-6-3-7-11-26)31(38-28)32-25-8-4-2-5-9-25/h2-14,16-20,28H,15,21H2,1H3. The van der Waals surface area contributed by atoms with Gasteiger partial charge >= 0.3 is 5.97 Å². The zero-order valence-corrected chi connectivity index (χ0v) is 21.6. The van der Waals surface area contributed by atoms with E-state index in [1.54, 1.807) is 17.0 Å². The Bertz CT molecular complexity index is 1430. The molecule has 0 aromatic heterocycles. The number of nitrogens with zero attached hydrogens (tertiary/aromatic N) is 2. The quantitative estimate of drug-likeness (QED) is 0.327. The Morgan fingerprint density at radius 1 is 1.00 bits per heavy atom. The summed E-state index contributed by atoms with van der Waals surface area (Å²) >= 11 is 1.45. The summed E-state index contributed by atoms with van der Waals surface area (Å²) in [5, 5.41) is 0.285. The first kappa shape index (κ1) is 25.3. The first-order valence-electron chi connectivity index (χ1n) is 12.2. The lowest BCUT2D eigenvalue weighted by Gasteiger charge is -2.16. The van der Waals surface area contributed by atoms with Crippen molar-refractivity contribution in [1.82, 2.24) is 0 Å². The third kappa shape index (κ3) is 5.95. The molecule has 2 aliphatic rings. The molecular weight excluding hydrogens is 496 g/mol. The van der Waals surface area contributed by atoms with E-state index in [-0.39, 0.29) is 17.1 Å². The van der Waals surface area contributed by atoms with Crippen molar-refractivity contribution >= 4 is 40.2 Å². The van der Waals surface area contributed by atoms with E-state index in [4.69, 9.17) is 14.5 Å². The molecule has 0 bridgehead atoms. The molecule has 3 aromatic rings. The first-order valence-corrected chi connectivity index (χ1v) is 13.1. The van der Waals surface area contributed by atoms with Crippen LogP contribution in [0.2, 0.25) is 0 Å². The van der Waals surface area contributed by atoms with Gasteiger partial charge in [0, 0.05) is 0 Å². The lowest BCUT2D eigenvalue weighted by molar-refractivity contribution is -0.116. The highest BCUT2D eigenvalue weighted by Gasteiger charge is 2.38. The Morgan fingerprint density at radius 3 is 2.37 bits per heavy atom. The van der Waals surface area contributed by atoms with Gasteiger partial charge < -0.3 is 9.47 Å². The molecule has 190 valence electrons. The minimum Gasteiger partial charge on any atom is -0.489 e. The van der Waals surface area contributed by atoms with Crippen molar-refractivity contribution in [3.8, 4) is 0 Å². The summed E-state index contributed by atoms with van der Waals surface area (Å²) in [7, 11) is 1.36. The smallest absolute Gasteiger partial charge is 0.337 e. The lowest BCUT2D eigenvalue weighted by atomic mass is 10.1. The molecule has 1 saturated heterocycles. The van der Waals surface area contributed by atoms with Crippen LogP contribution in [0.15, 0.2) is 126 Å². The predicted molar refractivity (Wildman–Crippen MR) is 151 cm³/mol. The Labute approximate surface area is 226 Å². The molecule has 1 heterocycles. The van der Waals surface area contributed by atoms with Crippen molar-refractivity contribution in [2.24, 2.45) is 4.99 Å². The van der Waals surface area contributed by atoms with Gasteiger partial charge in [-0.05, 0) is 66.1 Å². The van der Waals surface area contributed by atoms with Crippen molar-refractivity contribution in [1.29, 1.82) is 0 Å². The van der Waals surface area contributed by atoms with Gasteiger partial charge in [-0.1, -0.05) is 72.4 Å². The minimum atomic E-state index is -0.374. The number of aliphatic imine (C=N–C) groups is 1. The van der Waals surface area contributed by atoms with Crippen LogP contribution in [0.25, 0.3) is 0 Å². The van der Waals surface area contributed by atoms with Crippen molar-refractivity contribution in [2.45, 2.75) is 18.3 Å². The number of thioether (sulfide) groups is 1. The maximum Gasteiger partial charge on any atom is 0.337 e. The Morgan fingerprint density at radius 2 is 1.71 bits per heavy atom. The number of carbonyl (C=O) groups excluding carboxylic acids is 2. The molecule has 7 heteroatoms. The summed E-state index contributed by atoms with van der Waals surface area (Å²) in [4.78, 5) is 31.5. The fraction of sp³-hybridized carbons (Fsp3) is 0.129. The van der Waals surface area contributed by atoms with Crippen molar-refractivity contribution < 1.29 is 19.1 Å². The molecule has 0 radical (unpaired) electrons. The van der Waals surface area contributed by atoms with E-state index in [9.17, 15) is 9.59 Å². The Hall–Kier alpha value is -4.36. The van der Waals surface area contributed by atoms with Gasteiger partial charge in [-0.3, -0.25) is 9.69 Å². The minimum absolute atomic E-state index is 0.0155. The summed E-state index contributed by atoms with van der Waals surface area (Å²) in [6.45, 7) is 0.388. The second kappa shape index (κ2) is 11.8. The van der Waals surface area contributed by atoms with E-state index < -0.39 is 0 Å². The van der Waals surface area contributed by atoms with Gasteiger partial charge in [0.1, 0.15) is 17.6 Å². The van der Waals surface area contributed by atoms with Crippen LogP contribution in [0.3, 0.4) is 0 Å². The molecule has 5 rings (SSSR count). The molecule has 0 spiro atoms. The average Bonchev–Trinajstić information content (AvgIpc) is 3.27. The SMILES string of the molecule is COC(=O)c1ccc(COC2=CCC(=CC3SC(=Nc4ccccc4)N(c4ccccc4)C3=O)C=C2)cc1. The van der Waals surface area contributed by atoms with Crippen LogP contribution >= 0.6 is 11.8 Å². The summed E-state index contributed by atoms with van der Waals surface area (Å²) in [6, 6.07) is 26.4. The van der Waals surface area contributed by atoms with Gasteiger partial charge in [0.2, 0.25) is 0 Å². The van der Waals surface area contributed by atoms with E-state index in [0.717, 1.165) is 28.3 Å². The number of carbonyl (C=O) groups is 2. The normalized spacial score (nSPS) is 19.1. The summed E-state index contributed by atoms with van der Waals surface area (Å²) in [6.07, 6.45) is 8.57. The molecule has 1 amide bonds. The largest absolute Gasteiger partial charge is 0.489 e. The molecule has 1 aliphatic carbocycles. The fourth-order valence-corrected chi connectivity index (χ4v) is 5.17. The topological polar surface area (TPSA) is 68.2 Å². The van der Waals surface area contributed by atoms with Crippen LogP contribution in [-0.2, 0) is 20.9 Å². The molecule has 1 unspecified atom stereocenters. The molecule has 0 saturated carbocycles. The van der Waals surface area contributed by atoms with Crippen LogP contribution in [0.4, 0.5) is 11.4 Å². The zero-order chi connectivity index (χ0) is 26.3. The van der Waals surface area contributed by atoms with Gasteiger partial charge in [-0.25, -0.2) is 9.79 Å². The highest BCUT2D eigenvalue weighted by molar-refractivity contribution is 8.16. The molecule has 1 fully saturated rings. The van der Waals surface area contributed by atoms with E-state index >= 15 is 0 Å². The molecule has 3 aromatic carbocycles. The van der Waals surface area contributed by atoms with E-state index in [1.807, 2.05) is 97.1 Å². The second-order valence-corrected chi connectivity index (χ2v) is 9.75. The molecular formula is C31H26N2O4S. The van der Waals surface area contributed by atoms with Gasteiger partial charge in [-0.15, -0.1) is 0 Å². The number of amides is 1. The van der Waals surface area contributed by atoms with Crippen LogP contribution < -0.4 is 4.90 Å². The molecule has 0 N–H and O–H groups in total. The number of allylic oxidation sites excluding steroid dienone is 4. The lowest BCUT2D eigenvalue weighted by Crippen LogP contribution is -2.31. The molecule has 1 atom stereocenters. The molecule has 38 heavy (non-hydrogen) atoms. The number of ether oxygens (including phenoxy) is 2. The number of amidine groups is 1. The maximum absolute atomic E-state index is 13.5. The third-order valence-corrected chi connectivity index (χ3v) is 7.11. The third-order valence-electron chi connectivity index (χ3n) is 6.03. The van der Waals surface area contributed by atoms with Gasteiger partial charge in [-0.2, -0.15) is 0 Å². The van der Waals surface area contributed by atoms with E-state index in [0.29, 0.717) is 23.8 Å². The van der Waals surface area contributed by atoms with E-state index in [1.165, 1.54) is 18.9 Å². The highest BCUT2D eigenvalue weighted by Crippen LogP contribution is 2.35. The number of anilines is 1. The van der Waals surface area contributed by atoms with Gasteiger partial charge in [0.05, 0.1) is 24.0 Å². The Kier molecular flexibility index (Phi) is 7.85. The number of methoxy groups -OCH3 is 1. The zero-order valence-electron chi connectivity index (χ0n) is 20.8. The number of esters is 1. The number of para-hydroxylation sites is 2. The first-order chi connectivity index (χ1) is 18.6. The van der Waals surface area contributed by atoms with Crippen LogP contribution in [0.5, 0.6) is 0 Å². The van der Waals surface area contributed by atoms with Gasteiger partial charge in [0.25, 0.3) is 5.91 Å². The number of rotatable bonds is 7. The average molecular weight is 523 g/mol. The number of benzene rings is 3. The van der Waals surface area contributed by atoms with Crippen molar-refractivity contribution in [3.63, 3.8) is 0 Å². The Balaban J connectivity index is 1.26. The van der Waals surface area contributed by atoms with Crippen molar-refractivity contribution in [2.75, 3.05) is 12.0 Å².